The first-order valence-corrected chi connectivity index (χ1v) is 7.48. The van der Waals surface area contributed by atoms with Crippen LogP contribution in [0.15, 0.2) is 42.5 Å². The molecule has 0 saturated carbocycles. The third-order valence-electron chi connectivity index (χ3n) is 3.29. The number of benzene rings is 2. The third-order valence-corrected chi connectivity index (χ3v) is 4.50. The molecular weight excluding hydrogens is 371 g/mol. The first-order chi connectivity index (χ1) is 9.00. The summed E-state index contributed by atoms with van der Waals surface area (Å²) in [5.41, 5.74) is 8.86. The minimum absolute atomic E-state index is 0.200. The molecule has 0 aliphatic rings. The fraction of sp³-hybridized carbons (Fsp3) is 0.200. The van der Waals surface area contributed by atoms with Gasteiger partial charge < -0.3 is 10.6 Å². The second kappa shape index (κ2) is 6.01. The van der Waals surface area contributed by atoms with Gasteiger partial charge in [0, 0.05) is 21.3 Å². The summed E-state index contributed by atoms with van der Waals surface area (Å²) < 4.78 is 1.14. The molecule has 0 amide bonds. The van der Waals surface area contributed by atoms with Crippen LogP contribution in [0, 0.1) is 3.57 Å². The Kier molecular flexibility index (Phi) is 4.58. The first kappa shape index (κ1) is 14.5. The molecule has 0 aliphatic heterocycles. The van der Waals surface area contributed by atoms with Gasteiger partial charge in [-0.25, -0.2) is 0 Å². The minimum Gasteiger partial charge on any atom is -0.399 e. The number of halogens is 2. The van der Waals surface area contributed by atoms with E-state index < -0.39 is 0 Å². The minimum atomic E-state index is 0.200. The highest BCUT2D eigenvalue weighted by molar-refractivity contribution is 14.1. The largest absolute Gasteiger partial charge is 0.399 e. The molecule has 2 N–H and O–H groups in total. The van der Waals surface area contributed by atoms with Gasteiger partial charge in [-0.3, -0.25) is 0 Å². The van der Waals surface area contributed by atoms with Crippen LogP contribution in [0.3, 0.4) is 0 Å². The topological polar surface area (TPSA) is 29.3 Å². The van der Waals surface area contributed by atoms with E-state index in [9.17, 15) is 0 Å². The lowest BCUT2D eigenvalue weighted by Crippen LogP contribution is -2.22. The average molecular weight is 387 g/mol. The highest BCUT2D eigenvalue weighted by Crippen LogP contribution is 2.32. The van der Waals surface area contributed by atoms with E-state index in [4.69, 9.17) is 17.3 Å². The Morgan fingerprint density at radius 1 is 1.21 bits per heavy atom. The summed E-state index contributed by atoms with van der Waals surface area (Å²) in [6, 6.07) is 14.1. The fourth-order valence-electron chi connectivity index (χ4n) is 2.04. The van der Waals surface area contributed by atoms with Crippen molar-refractivity contribution in [1.29, 1.82) is 0 Å². The average Bonchev–Trinajstić information content (AvgIpc) is 2.38. The molecule has 2 aromatic rings. The molecule has 19 heavy (non-hydrogen) atoms. The van der Waals surface area contributed by atoms with E-state index >= 15 is 0 Å². The van der Waals surface area contributed by atoms with Crippen molar-refractivity contribution in [3.8, 4) is 0 Å². The van der Waals surface area contributed by atoms with Crippen molar-refractivity contribution in [1.82, 2.24) is 0 Å². The molecule has 0 saturated heterocycles. The molecule has 0 fully saturated rings. The van der Waals surface area contributed by atoms with Gasteiger partial charge >= 0.3 is 0 Å². The van der Waals surface area contributed by atoms with Gasteiger partial charge in [-0.15, -0.1) is 0 Å². The van der Waals surface area contributed by atoms with E-state index in [0.717, 1.165) is 25.5 Å². The Morgan fingerprint density at radius 3 is 2.53 bits per heavy atom. The number of rotatable bonds is 3. The molecular formula is C15H16ClIN2. The summed E-state index contributed by atoms with van der Waals surface area (Å²) in [4.78, 5) is 2.21. The zero-order chi connectivity index (χ0) is 14.0. The van der Waals surface area contributed by atoms with E-state index in [1.165, 1.54) is 0 Å². The normalized spacial score (nSPS) is 12.2. The molecule has 2 nitrogen and oxygen atoms in total. The van der Waals surface area contributed by atoms with Crippen molar-refractivity contribution in [2.24, 2.45) is 0 Å². The lowest BCUT2D eigenvalue weighted by Gasteiger charge is -2.29. The zero-order valence-corrected chi connectivity index (χ0v) is 13.8. The quantitative estimate of drug-likeness (QED) is 0.611. The van der Waals surface area contributed by atoms with Crippen LogP contribution in [-0.2, 0) is 0 Å². The summed E-state index contributed by atoms with van der Waals surface area (Å²) in [5.74, 6) is 0. The Balaban J connectivity index is 2.33. The van der Waals surface area contributed by atoms with Gasteiger partial charge in [-0.2, -0.15) is 0 Å². The number of hydrogen-bond acceptors (Lipinski definition) is 2. The number of nitrogens with two attached hydrogens (primary N) is 1. The second-order valence-electron chi connectivity index (χ2n) is 4.52. The van der Waals surface area contributed by atoms with Gasteiger partial charge in [-0.05, 0) is 59.3 Å². The molecule has 1 atom stereocenters. The third kappa shape index (κ3) is 3.15. The van der Waals surface area contributed by atoms with Crippen molar-refractivity contribution in [2.75, 3.05) is 17.7 Å². The lowest BCUT2D eigenvalue weighted by atomic mass is 10.1. The van der Waals surface area contributed by atoms with Crippen LogP contribution in [0.2, 0.25) is 5.02 Å². The number of nitrogens with zero attached hydrogens (tertiary/aromatic N) is 1. The van der Waals surface area contributed by atoms with Crippen LogP contribution < -0.4 is 10.6 Å². The molecule has 0 heterocycles. The highest BCUT2D eigenvalue weighted by atomic mass is 127. The van der Waals surface area contributed by atoms with Gasteiger partial charge in [0.15, 0.2) is 0 Å². The summed E-state index contributed by atoms with van der Waals surface area (Å²) >= 11 is 8.58. The van der Waals surface area contributed by atoms with E-state index in [2.05, 4.69) is 47.5 Å². The van der Waals surface area contributed by atoms with Crippen LogP contribution >= 0.6 is 34.2 Å². The lowest BCUT2D eigenvalue weighted by molar-refractivity contribution is 0.738. The first-order valence-electron chi connectivity index (χ1n) is 6.03. The summed E-state index contributed by atoms with van der Waals surface area (Å²) in [6.45, 7) is 2.15. The molecule has 100 valence electrons. The second-order valence-corrected chi connectivity index (χ2v) is 6.09. The van der Waals surface area contributed by atoms with E-state index in [-0.39, 0.29) is 6.04 Å². The molecule has 0 aromatic heterocycles. The molecule has 2 aromatic carbocycles. The van der Waals surface area contributed by atoms with Crippen LogP contribution in [0.25, 0.3) is 0 Å². The molecule has 0 aliphatic carbocycles. The maximum Gasteiger partial charge on any atom is 0.0526 e. The monoisotopic (exact) mass is 386 g/mol. The fourth-order valence-corrected chi connectivity index (χ4v) is 3.25. The van der Waals surface area contributed by atoms with Crippen molar-refractivity contribution in [2.45, 2.75) is 13.0 Å². The summed E-state index contributed by atoms with van der Waals surface area (Å²) in [7, 11) is 2.07. The van der Waals surface area contributed by atoms with Gasteiger partial charge in [-0.1, -0.05) is 29.8 Å². The van der Waals surface area contributed by atoms with E-state index in [1.54, 1.807) is 0 Å². The van der Waals surface area contributed by atoms with Crippen LogP contribution in [-0.4, -0.2) is 7.05 Å². The van der Waals surface area contributed by atoms with Crippen LogP contribution in [0.5, 0.6) is 0 Å². The predicted octanol–water partition coefficient (Wildman–Crippen LogP) is 4.72. The predicted molar refractivity (Wildman–Crippen MR) is 91.8 cm³/mol. The van der Waals surface area contributed by atoms with Gasteiger partial charge in [0.05, 0.1) is 11.7 Å². The smallest absolute Gasteiger partial charge is 0.0526 e. The standard InChI is InChI=1S/C15H16ClIN2/c1-10(12-5-3-4-6-13(12)16)19(2)15-8-7-11(18)9-14(15)17/h3-10H,18H2,1-2H3. The molecule has 0 spiro atoms. The zero-order valence-electron chi connectivity index (χ0n) is 10.9. The van der Waals surface area contributed by atoms with E-state index in [0.29, 0.717) is 0 Å². The van der Waals surface area contributed by atoms with Gasteiger partial charge in [0.1, 0.15) is 0 Å². The molecule has 1 unspecified atom stereocenters. The van der Waals surface area contributed by atoms with Gasteiger partial charge in [0.25, 0.3) is 0 Å². The Bertz CT molecular complexity index is 586. The highest BCUT2D eigenvalue weighted by Gasteiger charge is 2.16. The SMILES string of the molecule is CC(c1ccccc1Cl)N(C)c1ccc(N)cc1I. The molecule has 0 bridgehead atoms. The molecule has 4 heteroatoms. The van der Waals surface area contributed by atoms with E-state index in [1.807, 2.05) is 36.4 Å². The number of hydrogen-bond donors (Lipinski definition) is 1. The number of anilines is 2. The van der Waals surface area contributed by atoms with Gasteiger partial charge in [0.2, 0.25) is 0 Å². The van der Waals surface area contributed by atoms with Crippen molar-refractivity contribution in [3.63, 3.8) is 0 Å². The van der Waals surface area contributed by atoms with Crippen LogP contribution in [0.4, 0.5) is 11.4 Å². The van der Waals surface area contributed by atoms with Crippen molar-refractivity contribution >= 4 is 45.6 Å². The van der Waals surface area contributed by atoms with Crippen molar-refractivity contribution < 1.29 is 0 Å². The summed E-state index contributed by atoms with van der Waals surface area (Å²) in [6.07, 6.45) is 0. The number of nitrogen functional groups attached to an aromatic ring is 1. The van der Waals surface area contributed by atoms with Crippen molar-refractivity contribution in [3.05, 3.63) is 56.6 Å². The Labute approximate surface area is 132 Å². The van der Waals surface area contributed by atoms with Crippen LogP contribution in [0.1, 0.15) is 18.5 Å². The maximum absolute atomic E-state index is 6.27. The molecule has 0 radical (unpaired) electrons. The Morgan fingerprint density at radius 2 is 1.89 bits per heavy atom. The maximum atomic E-state index is 6.27. The molecule has 2 rings (SSSR count). The summed E-state index contributed by atoms with van der Waals surface area (Å²) in [5, 5.41) is 0.798. The Hall–Kier alpha value is -0.940.